The van der Waals surface area contributed by atoms with Crippen LogP contribution in [0.25, 0.3) is 0 Å². The van der Waals surface area contributed by atoms with E-state index in [1.807, 2.05) is 0 Å². The number of nitrogens with zero attached hydrogens (tertiary/aromatic N) is 2. The number of hydrogen-bond donors (Lipinski definition) is 0. The van der Waals surface area contributed by atoms with Crippen molar-refractivity contribution >= 4 is 15.9 Å². The molecule has 0 aromatic rings. The number of piperidine rings is 1. The minimum absolute atomic E-state index is 0.441. The molecule has 0 unspecified atom stereocenters. The van der Waals surface area contributed by atoms with Gasteiger partial charge in [-0.25, -0.2) is 0 Å². The molecule has 0 aromatic heterocycles. The van der Waals surface area contributed by atoms with Crippen LogP contribution in [0.2, 0.25) is 0 Å². The summed E-state index contributed by atoms with van der Waals surface area (Å²) < 4.78 is 5.52. The summed E-state index contributed by atoms with van der Waals surface area (Å²) in [6.45, 7) is 5.59. The second-order valence-corrected chi connectivity index (χ2v) is 6.76. The van der Waals surface area contributed by atoms with E-state index in [1.165, 1.54) is 45.3 Å². The first-order valence-electron chi connectivity index (χ1n) is 7.18. The van der Waals surface area contributed by atoms with Gasteiger partial charge >= 0.3 is 0 Å². The van der Waals surface area contributed by atoms with Crippen molar-refractivity contribution in [2.75, 3.05) is 52.3 Å². The summed E-state index contributed by atoms with van der Waals surface area (Å²) in [6.07, 6.45) is 5.05. The second-order valence-electron chi connectivity index (χ2n) is 6.20. The molecule has 0 spiro atoms. The molecular weight excluding hydrogens is 292 g/mol. The third-order valence-electron chi connectivity index (χ3n) is 4.73. The maximum absolute atomic E-state index is 5.52. The standard InChI is InChI=1S/C14H27BrN2O/c1-16-7-3-13(4-8-16)17(2)12-14(11-15)5-9-18-10-6-14/h13H,3-12H2,1-2H3. The first-order chi connectivity index (χ1) is 8.65. The number of ether oxygens (including phenoxy) is 1. The monoisotopic (exact) mass is 318 g/mol. The highest BCUT2D eigenvalue weighted by molar-refractivity contribution is 9.09. The van der Waals surface area contributed by atoms with Gasteiger partial charge in [0.05, 0.1) is 0 Å². The molecule has 0 aliphatic carbocycles. The summed E-state index contributed by atoms with van der Waals surface area (Å²) in [7, 11) is 4.55. The SMILES string of the molecule is CN1CCC(N(C)CC2(CBr)CCOCC2)CC1. The molecule has 0 aromatic carbocycles. The van der Waals surface area contributed by atoms with Gasteiger partial charge in [-0.05, 0) is 58.3 Å². The first-order valence-corrected chi connectivity index (χ1v) is 8.30. The Morgan fingerprint density at radius 2 is 1.89 bits per heavy atom. The lowest BCUT2D eigenvalue weighted by atomic mass is 9.81. The Hall–Kier alpha value is 0.360. The molecule has 2 saturated heterocycles. The van der Waals surface area contributed by atoms with Gasteiger partial charge in [-0.15, -0.1) is 0 Å². The van der Waals surface area contributed by atoms with Crippen molar-refractivity contribution in [3.8, 4) is 0 Å². The summed E-state index contributed by atoms with van der Waals surface area (Å²) in [5.74, 6) is 0. The fraction of sp³-hybridized carbons (Fsp3) is 1.00. The van der Waals surface area contributed by atoms with E-state index in [-0.39, 0.29) is 0 Å². The molecule has 4 heteroatoms. The van der Waals surface area contributed by atoms with Crippen molar-refractivity contribution in [3.63, 3.8) is 0 Å². The highest BCUT2D eigenvalue weighted by Crippen LogP contribution is 2.34. The topological polar surface area (TPSA) is 15.7 Å². The summed E-state index contributed by atoms with van der Waals surface area (Å²) >= 11 is 3.74. The molecule has 0 N–H and O–H groups in total. The van der Waals surface area contributed by atoms with Gasteiger partial charge < -0.3 is 14.5 Å². The number of alkyl halides is 1. The van der Waals surface area contributed by atoms with Gasteiger partial charge in [0, 0.05) is 31.1 Å². The highest BCUT2D eigenvalue weighted by Gasteiger charge is 2.34. The van der Waals surface area contributed by atoms with Crippen LogP contribution in [0.3, 0.4) is 0 Å². The summed E-state index contributed by atoms with van der Waals surface area (Å²) in [4.78, 5) is 5.05. The van der Waals surface area contributed by atoms with Crippen molar-refractivity contribution in [1.82, 2.24) is 9.80 Å². The van der Waals surface area contributed by atoms with Crippen LogP contribution in [0.4, 0.5) is 0 Å². The Kier molecular flexibility index (Phi) is 5.48. The van der Waals surface area contributed by atoms with E-state index in [0.717, 1.165) is 24.6 Å². The Morgan fingerprint density at radius 3 is 2.44 bits per heavy atom. The fourth-order valence-corrected chi connectivity index (χ4v) is 3.97. The van der Waals surface area contributed by atoms with Crippen molar-refractivity contribution in [1.29, 1.82) is 0 Å². The Morgan fingerprint density at radius 1 is 1.28 bits per heavy atom. The molecular formula is C14H27BrN2O. The van der Waals surface area contributed by atoms with Crippen LogP contribution < -0.4 is 0 Å². The maximum atomic E-state index is 5.52. The second kappa shape index (κ2) is 6.69. The molecule has 2 rings (SSSR count). The largest absolute Gasteiger partial charge is 0.381 e. The van der Waals surface area contributed by atoms with Gasteiger partial charge in [-0.3, -0.25) is 0 Å². The minimum Gasteiger partial charge on any atom is -0.381 e. The number of halogens is 1. The van der Waals surface area contributed by atoms with Gasteiger partial charge in [0.15, 0.2) is 0 Å². The maximum Gasteiger partial charge on any atom is 0.0472 e. The van der Waals surface area contributed by atoms with Crippen LogP contribution in [0.5, 0.6) is 0 Å². The normalized spacial score (nSPS) is 26.7. The van der Waals surface area contributed by atoms with Crippen molar-refractivity contribution in [2.24, 2.45) is 5.41 Å². The van der Waals surface area contributed by atoms with E-state index in [0.29, 0.717) is 5.41 Å². The fourth-order valence-electron chi connectivity index (χ4n) is 3.23. The number of likely N-dealkylation sites (tertiary alicyclic amines) is 1. The molecule has 0 atom stereocenters. The van der Waals surface area contributed by atoms with E-state index < -0.39 is 0 Å². The lowest BCUT2D eigenvalue weighted by Crippen LogP contribution is -2.48. The van der Waals surface area contributed by atoms with Crippen LogP contribution in [-0.4, -0.2) is 68.1 Å². The van der Waals surface area contributed by atoms with E-state index in [2.05, 4.69) is 39.8 Å². The lowest BCUT2D eigenvalue weighted by Gasteiger charge is -2.43. The Labute approximate surface area is 120 Å². The molecule has 0 saturated carbocycles. The van der Waals surface area contributed by atoms with Gasteiger partial charge in [-0.1, -0.05) is 15.9 Å². The molecule has 2 fully saturated rings. The minimum atomic E-state index is 0.441. The van der Waals surface area contributed by atoms with E-state index >= 15 is 0 Å². The first kappa shape index (κ1) is 14.8. The van der Waals surface area contributed by atoms with Crippen LogP contribution in [0, 0.1) is 5.41 Å². The van der Waals surface area contributed by atoms with Crippen molar-refractivity contribution in [3.05, 3.63) is 0 Å². The van der Waals surface area contributed by atoms with Crippen molar-refractivity contribution < 1.29 is 4.74 Å². The Bertz CT molecular complexity index is 248. The zero-order valence-corrected chi connectivity index (χ0v) is 13.4. The van der Waals surface area contributed by atoms with E-state index in [4.69, 9.17) is 4.74 Å². The molecule has 2 heterocycles. The average Bonchev–Trinajstić information content (AvgIpc) is 2.40. The van der Waals surface area contributed by atoms with Gasteiger partial charge in [0.25, 0.3) is 0 Å². The Balaban J connectivity index is 1.86. The molecule has 0 bridgehead atoms. The molecule has 0 amide bonds. The molecule has 18 heavy (non-hydrogen) atoms. The third-order valence-corrected chi connectivity index (χ3v) is 5.92. The molecule has 2 aliphatic heterocycles. The molecule has 106 valence electrons. The average molecular weight is 319 g/mol. The zero-order valence-electron chi connectivity index (χ0n) is 11.8. The third kappa shape index (κ3) is 3.69. The van der Waals surface area contributed by atoms with Gasteiger partial charge in [0.2, 0.25) is 0 Å². The van der Waals surface area contributed by atoms with Gasteiger partial charge in [0.1, 0.15) is 0 Å². The predicted octanol–water partition coefficient (Wildman–Crippen LogP) is 2.20. The van der Waals surface area contributed by atoms with E-state index in [1.54, 1.807) is 0 Å². The summed E-state index contributed by atoms with van der Waals surface area (Å²) in [5, 5.41) is 1.11. The van der Waals surface area contributed by atoms with Crippen LogP contribution in [-0.2, 0) is 4.74 Å². The van der Waals surface area contributed by atoms with Crippen molar-refractivity contribution in [2.45, 2.75) is 31.7 Å². The van der Waals surface area contributed by atoms with Crippen LogP contribution in [0.15, 0.2) is 0 Å². The number of rotatable bonds is 4. The number of hydrogen-bond acceptors (Lipinski definition) is 3. The molecule has 0 radical (unpaired) electrons. The smallest absolute Gasteiger partial charge is 0.0472 e. The van der Waals surface area contributed by atoms with E-state index in [9.17, 15) is 0 Å². The summed E-state index contributed by atoms with van der Waals surface area (Å²) in [6, 6.07) is 0.778. The highest BCUT2D eigenvalue weighted by atomic mass is 79.9. The molecule has 2 aliphatic rings. The van der Waals surface area contributed by atoms with Gasteiger partial charge in [-0.2, -0.15) is 0 Å². The van der Waals surface area contributed by atoms with Crippen LogP contribution >= 0.6 is 15.9 Å². The summed E-state index contributed by atoms with van der Waals surface area (Å²) in [5.41, 5.74) is 0.441. The lowest BCUT2D eigenvalue weighted by molar-refractivity contribution is 0.000970. The quantitative estimate of drug-likeness (QED) is 0.739. The molecule has 3 nitrogen and oxygen atoms in total. The zero-order chi connectivity index (χ0) is 13.0. The predicted molar refractivity (Wildman–Crippen MR) is 79.4 cm³/mol. The van der Waals surface area contributed by atoms with Crippen LogP contribution in [0.1, 0.15) is 25.7 Å².